The molecule has 0 bridgehead atoms. The maximum absolute atomic E-state index is 12.5. The third-order valence-corrected chi connectivity index (χ3v) is 5.22. The second-order valence-electron chi connectivity index (χ2n) is 6.48. The van der Waals surface area contributed by atoms with Gasteiger partial charge in [0.25, 0.3) is 5.91 Å². The Hall–Kier alpha value is -2.50. The minimum Gasteiger partial charge on any atom is -0.481 e. The molecule has 6 nitrogen and oxygen atoms in total. The van der Waals surface area contributed by atoms with Gasteiger partial charge in [-0.25, -0.2) is 4.98 Å². The first kappa shape index (κ1) is 14.1. The highest BCUT2D eigenvalue weighted by Gasteiger charge is 2.50. The fourth-order valence-electron chi connectivity index (χ4n) is 4.00. The number of hydrogen-bond acceptors (Lipinski definition) is 4. The standard InChI is InChI=1S/C17H17N3O3/c21-16(15-14-9(3-5-19-15)2-1-4-18-14)20-13-8-10-6-11(17(22)23)7-12(10)13/h1-5,10-13H,6-8H2,(H,20,21)(H,22,23)/t10-,11?,12-,13+/m1/s1. The average Bonchev–Trinajstić information content (AvgIpc) is 2.89. The molecule has 2 aromatic heterocycles. The van der Waals surface area contributed by atoms with Crippen LogP contribution >= 0.6 is 0 Å². The Morgan fingerprint density at radius 2 is 2.00 bits per heavy atom. The van der Waals surface area contributed by atoms with E-state index >= 15 is 0 Å². The quantitative estimate of drug-likeness (QED) is 0.902. The highest BCUT2D eigenvalue weighted by Crippen LogP contribution is 2.49. The number of aromatic nitrogens is 2. The van der Waals surface area contributed by atoms with Crippen molar-refractivity contribution in [1.82, 2.24) is 15.3 Å². The Labute approximate surface area is 132 Å². The molecule has 4 rings (SSSR count). The van der Waals surface area contributed by atoms with Gasteiger partial charge in [0, 0.05) is 23.8 Å². The number of carboxylic acid groups (broad SMARTS) is 1. The van der Waals surface area contributed by atoms with Crippen molar-refractivity contribution in [3.63, 3.8) is 0 Å². The van der Waals surface area contributed by atoms with E-state index in [4.69, 9.17) is 5.11 Å². The van der Waals surface area contributed by atoms with Crippen molar-refractivity contribution in [1.29, 1.82) is 0 Å². The number of fused-ring (bicyclic) bond motifs is 2. The third-order valence-electron chi connectivity index (χ3n) is 5.22. The molecule has 0 aromatic carbocycles. The Bertz CT molecular complexity index is 786. The van der Waals surface area contributed by atoms with E-state index in [1.807, 2.05) is 18.2 Å². The summed E-state index contributed by atoms with van der Waals surface area (Å²) in [5.41, 5.74) is 0.928. The SMILES string of the molecule is O=C(N[C@H]1C[C@H]2CC(C(=O)O)C[C@H]21)c1nccc2cccnc12. The predicted molar refractivity (Wildman–Crippen MR) is 82.7 cm³/mol. The van der Waals surface area contributed by atoms with Crippen LogP contribution in [0.15, 0.2) is 30.6 Å². The maximum Gasteiger partial charge on any atom is 0.306 e. The van der Waals surface area contributed by atoms with Crippen LogP contribution in [0, 0.1) is 17.8 Å². The van der Waals surface area contributed by atoms with E-state index in [1.165, 1.54) is 0 Å². The second kappa shape index (κ2) is 5.30. The predicted octanol–water partition coefficient (Wildman–Crippen LogP) is 1.86. The van der Waals surface area contributed by atoms with Gasteiger partial charge in [0.1, 0.15) is 5.52 Å². The first-order chi connectivity index (χ1) is 11.1. The summed E-state index contributed by atoms with van der Waals surface area (Å²) in [6.07, 6.45) is 5.51. The molecule has 0 aliphatic heterocycles. The minimum absolute atomic E-state index is 0.0534. The van der Waals surface area contributed by atoms with E-state index < -0.39 is 5.97 Å². The van der Waals surface area contributed by atoms with Crippen LogP contribution in [-0.2, 0) is 4.79 Å². The summed E-state index contributed by atoms with van der Waals surface area (Å²) in [6.45, 7) is 0. The van der Waals surface area contributed by atoms with Crippen LogP contribution in [0.2, 0.25) is 0 Å². The number of carbonyl (C=O) groups excluding carboxylic acids is 1. The molecular formula is C17H17N3O3. The fourth-order valence-corrected chi connectivity index (χ4v) is 4.00. The molecule has 1 amide bonds. The van der Waals surface area contributed by atoms with Crippen LogP contribution in [0.3, 0.4) is 0 Å². The summed E-state index contributed by atoms with van der Waals surface area (Å²) in [5, 5.41) is 13.0. The number of carboxylic acids is 1. The van der Waals surface area contributed by atoms with Crippen LogP contribution < -0.4 is 5.32 Å². The van der Waals surface area contributed by atoms with Gasteiger partial charge in [0.05, 0.1) is 5.92 Å². The van der Waals surface area contributed by atoms with Gasteiger partial charge in [0.15, 0.2) is 5.69 Å². The maximum atomic E-state index is 12.5. The van der Waals surface area contributed by atoms with Gasteiger partial charge >= 0.3 is 5.97 Å². The van der Waals surface area contributed by atoms with Crippen molar-refractivity contribution in [2.45, 2.75) is 25.3 Å². The number of carbonyl (C=O) groups is 2. The molecule has 2 aliphatic rings. The summed E-state index contributed by atoms with van der Waals surface area (Å²) in [6, 6.07) is 5.60. The molecule has 118 valence electrons. The van der Waals surface area contributed by atoms with E-state index in [9.17, 15) is 9.59 Å². The van der Waals surface area contributed by atoms with Gasteiger partial charge < -0.3 is 10.4 Å². The number of nitrogens with one attached hydrogen (secondary N) is 1. The topological polar surface area (TPSA) is 92.2 Å². The molecule has 0 saturated heterocycles. The molecule has 0 spiro atoms. The van der Waals surface area contributed by atoms with Gasteiger partial charge in [-0.05, 0) is 43.2 Å². The smallest absolute Gasteiger partial charge is 0.306 e. The van der Waals surface area contributed by atoms with Crippen molar-refractivity contribution >= 4 is 22.8 Å². The fraction of sp³-hybridized carbons (Fsp3) is 0.412. The number of amides is 1. The lowest BCUT2D eigenvalue weighted by Crippen LogP contribution is -2.50. The molecule has 2 N–H and O–H groups in total. The van der Waals surface area contributed by atoms with Crippen molar-refractivity contribution in [3.8, 4) is 0 Å². The van der Waals surface area contributed by atoms with Crippen molar-refractivity contribution < 1.29 is 14.7 Å². The molecule has 2 heterocycles. The number of aliphatic carboxylic acids is 1. The average molecular weight is 311 g/mol. The van der Waals surface area contributed by atoms with E-state index in [2.05, 4.69) is 15.3 Å². The summed E-state index contributed by atoms with van der Waals surface area (Å²) >= 11 is 0. The molecule has 23 heavy (non-hydrogen) atoms. The van der Waals surface area contributed by atoms with Crippen molar-refractivity contribution in [2.75, 3.05) is 0 Å². The normalized spacial score (nSPS) is 28.9. The Kier molecular flexibility index (Phi) is 3.25. The summed E-state index contributed by atoms with van der Waals surface area (Å²) in [4.78, 5) is 32.1. The summed E-state index contributed by atoms with van der Waals surface area (Å²) in [5.74, 6) is -0.492. The van der Waals surface area contributed by atoms with Gasteiger partial charge in [-0.1, -0.05) is 6.07 Å². The summed E-state index contributed by atoms with van der Waals surface area (Å²) < 4.78 is 0. The zero-order valence-electron chi connectivity index (χ0n) is 12.5. The lowest BCUT2D eigenvalue weighted by molar-refractivity contribution is -0.141. The molecule has 4 atom stereocenters. The van der Waals surface area contributed by atoms with E-state index in [0.29, 0.717) is 23.5 Å². The van der Waals surface area contributed by atoms with Crippen LogP contribution in [0.4, 0.5) is 0 Å². The first-order valence-electron chi connectivity index (χ1n) is 7.87. The van der Waals surface area contributed by atoms with Crippen LogP contribution in [-0.4, -0.2) is 33.0 Å². The number of hydrogen-bond donors (Lipinski definition) is 2. The Morgan fingerprint density at radius 3 is 2.83 bits per heavy atom. The van der Waals surface area contributed by atoms with Gasteiger partial charge in [0.2, 0.25) is 0 Å². The molecular weight excluding hydrogens is 294 g/mol. The van der Waals surface area contributed by atoms with Crippen LogP contribution in [0.1, 0.15) is 29.8 Å². The zero-order valence-corrected chi connectivity index (χ0v) is 12.5. The third kappa shape index (κ3) is 2.34. The van der Waals surface area contributed by atoms with Crippen molar-refractivity contribution in [2.24, 2.45) is 17.8 Å². The Balaban J connectivity index is 1.50. The Morgan fingerprint density at radius 1 is 1.13 bits per heavy atom. The molecule has 2 aromatic rings. The molecule has 2 saturated carbocycles. The van der Waals surface area contributed by atoms with Gasteiger partial charge in [-0.15, -0.1) is 0 Å². The number of rotatable bonds is 3. The van der Waals surface area contributed by atoms with Gasteiger partial charge in [-0.2, -0.15) is 0 Å². The molecule has 2 fully saturated rings. The molecule has 0 radical (unpaired) electrons. The van der Waals surface area contributed by atoms with E-state index in [1.54, 1.807) is 12.4 Å². The lowest BCUT2D eigenvalue weighted by atomic mass is 9.71. The van der Waals surface area contributed by atoms with Crippen molar-refractivity contribution in [3.05, 3.63) is 36.3 Å². The highest BCUT2D eigenvalue weighted by atomic mass is 16.4. The van der Waals surface area contributed by atoms with E-state index in [-0.39, 0.29) is 23.8 Å². The molecule has 6 heteroatoms. The largest absolute Gasteiger partial charge is 0.481 e. The summed E-state index contributed by atoms with van der Waals surface area (Å²) in [7, 11) is 0. The highest BCUT2D eigenvalue weighted by molar-refractivity contribution is 6.03. The van der Waals surface area contributed by atoms with Crippen LogP contribution in [0.5, 0.6) is 0 Å². The van der Waals surface area contributed by atoms with Gasteiger partial charge in [-0.3, -0.25) is 14.6 Å². The van der Waals surface area contributed by atoms with Crippen LogP contribution in [0.25, 0.3) is 10.9 Å². The zero-order chi connectivity index (χ0) is 16.0. The second-order valence-corrected chi connectivity index (χ2v) is 6.48. The molecule has 2 aliphatic carbocycles. The minimum atomic E-state index is -0.718. The monoisotopic (exact) mass is 311 g/mol. The first-order valence-corrected chi connectivity index (χ1v) is 7.87. The lowest BCUT2D eigenvalue weighted by Gasteiger charge is -2.40. The molecule has 1 unspecified atom stereocenters. The number of pyridine rings is 2. The number of nitrogens with zero attached hydrogens (tertiary/aromatic N) is 2. The van der Waals surface area contributed by atoms with E-state index in [0.717, 1.165) is 18.2 Å².